The number of carbonyl (C=O) groups is 3. The van der Waals surface area contributed by atoms with Crippen molar-refractivity contribution in [2.45, 2.75) is 116 Å². The molecule has 1 aliphatic heterocycles. The highest BCUT2D eigenvalue weighted by Gasteiger charge is 2.50. The van der Waals surface area contributed by atoms with E-state index in [1.165, 1.54) is 45.4 Å². The number of aliphatic hydroxyl groups excluding tert-OH is 1. The molecule has 13 heteroatoms. The molecule has 6 rings (SSSR count). The standard InChI is InChI=1S/C37H44ClN5O7/c1-7-37(19-48-28(46)18-35(5,6)29-22(3)13-21(2)14-25(29)49-23(4)44)26(45)15-27(50-37)43-20-39-30-31(41-34(38)42-32(30)43)40-33(47)24-16-36(17-24)11-9-8-10-12-36/h1,13-14,20,24,26-27,45H,8-12,15-19H2,2-6H3,(H,40,41,42,47)/t26-,27+,37+/m0/s1. The number of amides is 1. The number of anilines is 1. The molecule has 3 fully saturated rings. The van der Waals surface area contributed by atoms with Gasteiger partial charge in [0, 0.05) is 30.2 Å². The molecule has 2 aromatic heterocycles. The summed E-state index contributed by atoms with van der Waals surface area (Å²) in [5.74, 6) is 1.85. The van der Waals surface area contributed by atoms with E-state index in [1.807, 2.05) is 33.8 Å². The van der Waals surface area contributed by atoms with Gasteiger partial charge in [0.25, 0.3) is 0 Å². The molecule has 1 amide bonds. The topological polar surface area (TPSA) is 155 Å². The van der Waals surface area contributed by atoms with Crippen LogP contribution < -0.4 is 10.1 Å². The van der Waals surface area contributed by atoms with E-state index < -0.39 is 41.9 Å². The van der Waals surface area contributed by atoms with Crippen molar-refractivity contribution < 1.29 is 33.7 Å². The molecule has 2 saturated carbocycles. The Morgan fingerprint density at radius 1 is 1.18 bits per heavy atom. The number of nitrogens with zero attached hydrogens (tertiary/aromatic N) is 4. The number of ether oxygens (including phenoxy) is 3. The smallest absolute Gasteiger partial charge is 0.308 e. The minimum Gasteiger partial charge on any atom is -0.461 e. The lowest BCUT2D eigenvalue weighted by Crippen LogP contribution is -2.44. The zero-order valence-corrected chi connectivity index (χ0v) is 29.9. The first-order chi connectivity index (χ1) is 23.6. The maximum atomic E-state index is 13.3. The van der Waals surface area contributed by atoms with Crippen molar-refractivity contribution >= 4 is 46.4 Å². The van der Waals surface area contributed by atoms with Crippen LogP contribution >= 0.6 is 11.6 Å². The van der Waals surface area contributed by atoms with Crippen molar-refractivity contribution in [1.29, 1.82) is 0 Å². The number of hydrogen-bond donors (Lipinski definition) is 2. The van der Waals surface area contributed by atoms with Crippen molar-refractivity contribution in [3.05, 3.63) is 40.4 Å². The molecule has 3 aliphatic rings. The van der Waals surface area contributed by atoms with E-state index in [9.17, 15) is 19.5 Å². The molecule has 50 heavy (non-hydrogen) atoms. The molecule has 2 N–H and O–H groups in total. The van der Waals surface area contributed by atoms with E-state index in [0.717, 1.165) is 24.0 Å². The van der Waals surface area contributed by atoms with Gasteiger partial charge in [0.15, 0.2) is 22.6 Å². The molecule has 0 radical (unpaired) electrons. The van der Waals surface area contributed by atoms with Crippen LogP contribution in [0.5, 0.6) is 5.75 Å². The van der Waals surface area contributed by atoms with Gasteiger partial charge in [-0.2, -0.15) is 9.97 Å². The van der Waals surface area contributed by atoms with E-state index in [2.05, 4.69) is 26.2 Å². The average molecular weight is 706 g/mol. The fraction of sp³-hybridized carbons (Fsp3) is 0.568. The molecular formula is C37H44ClN5O7. The predicted molar refractivity (Wildman–Crippen MR) is 185 cm³/mol. The van der Waals surface area contributed by atoms with Crippen LogP contribution in [0, 0.1) is 37.5 Å². The first-order valence-electron chi connectivity index (χ1n) is 17.1. The van der Waals surface area contributed by atoms with E-state index in [4.69, 9.17) is 32.2 Å². The van der Waals surface area contributed by atoms with Crippen molar-refractivity contribution in [2.24, 2.45) is 11.3 Å². The fourth-order valence-corrected chi connectivity index (χ4v) is 8.39. The molecule has 0 bridgehead atoms. The number of benzene rings is 1. The van der Waals surface area contributed by atoms with Crippen LogP contribution in [0.15, 0.2) is 18.5 Å². The number of nitrogens with one attached hydrogen (secondary N) is 1. The van der Waals surface area contributed by atoms with Gasteiger partial charge in [0.05, 0.1) is 12.7 Å². The molecule has 3 heterocycles. The summed E-state index contributed by atoms with van der Waals surface area (Å²) in [6, 6.07) is 3.73. The number of halogens is 1. The summed E-state index contributed by atoms with van der Waals surface area (Å²) in [6.45, 7) is 8.44. The number of carbonyl (C=O) groups excluding carboxylic acids is 3. The van der Waals surface area contributed by atoms with Gasteiger partial charge in [0.2, 0.25) is 11.2 Å². The molecule has 1 aromatic carbocycles. The second-order valence-electron chi connectivity index (χ2n) is 14.9. The Bertz CT molecular complexity index is 1870. The lowest BCUT2D eigenvalue weighted by molar-refractivity contribution is -0.157. The molecule has 1 saturated heterocycles. The first-order valence-corrected chi connectivity index (χ1v) is 17.5. The Labute approximate surface area is 296 Å². The van der Waals surface area contributed by atoms with E-state index in [1.54, 1.807) is 10.6 Å². The van der Waals surface area contributed by atoms with E-state index in [0.29, 0.717) is 27.9 Å². The third-order valence-electron chi connectivity index (χ3n) is 10.6. The minimum absolute atomic E-state index is 0.0421. The second kappa shape index (κ2) is 13.6. The van der Waals surface area contributed by atoms with Crippen molar-refractivity contribution in [3.8, 4) is 18.1 Å². The van der Waals surface area contributed by atoms with Crippen LogP contribution in [0.2, 0.25) is 5.28 Å². The second-order valence-corrected chi connectivity index (χ2v) is 15.3. The van der Waals surface area contributed by atoms with Gasteiger partial charge in [0.1, 0.15) is 24.7 Å². The average Bonchev–Trinajstić information content (AvgIpc) is 3.59. The maximum Gasteiger partial charge on any atom is 0.308 e. The number of aromatic nitrogens is 4. The van der Waals surface area contributed by atoms with Gasteiger partial charge in [-0.15, -0.1) is 6.42 Å². The molecule has 266 valence electrons. The lowest BCUT2D eigenvalue weighted by Gasteiger charge is -2.49. The summed E-state index contributed by atoms with van der Waals surface area (Å²) in [5, 5.41) is 14.0. The van der Waals surface area contributed by atoms with Crippen LogP contribution in [0.4, 0.5) is 5.82 Å². The van der Waals surface area contributed by atoms with Crippen LogP contribution in [0.25, 0.3) is 11.2 Å². The maximum absolute atomic E-state index is 13.3. The highest BCUT2D eigenvalue weighted by atomic mass is 35.5. The largest absolute Gasteiger partial charge is 0.461 e. The molecule has 1 spiro atoms. The van der Waals surface area contributed by atoms with Crippen LogP contribution in [0.3, 0.4) is 0 Å². The van der Waals surface area contributed by atoms with Gasteiger partial charge in [-0.05, 0) is 73.7 Å². The minimum atomic E-state index is -1.66. The molecule has 2 aliphatic carbocycles. The van der Waals surface area contributed by atoms with Crippen molar-refractivity contribution in [2.75, 3.05) is 11.9 Å². The van der Waals surface area contributed by atoms with Gasteiger partial charge in [-0.3, -0.25) is 19.0 Å². The first kappa shape index (κ1) is 35.8. The highest BCUT2D eigenvalue weighted by Crippen LogP contribution is 2.55. The number of esters is 2. The highest BCUT2D eigenvalue weighted by molar-refractivity contribution is 6.28. The Morgan fingerprint density at radius 3 is 2.58 bits per heavy atom. The number of aliphatic hydroxyl groups is 1. The van der Waals surface area contributed by atoms with Gasteiger partial charge in [-0.25, -0.2) is 4.98 Å². The summed E-state index contributed by atoms with van der Waals surface area (Å²) >= 11 is 6.31. The monoisotopic (exact) mass is 705 g/mol. The van der Waals surface area contributed by atoms with Crippen molar-refractivity contribution in [1.82, 2.24) is 19.5 Å². The molecule has 3 atom stereocenters. The number of fused-ring (bicyclic) bond motifs is 1. The number of hydrogen-bond acceptors (Lipinski definition) is 10. The quantitative estimate of drug-likeness (QED) is 0.119. The summed E-state index contributed by atoms with van der Waals surface area (Å²) in [6.07, 6.45) is 13.1. The fourth-order valence-electron chi connectivity index (χ4n) is 8.23. The Hall–Kier alpha value is -4.05. The number of rotatable bonds is 9. The summed E-state index contributed by atoms with van der Waals surface area (Å²) in [4.78, 5) is 51.3. The Balaban J connectivity index is 1.14. The van der Waals surface area contributed by atoms with Gasteiger partial charge in [-0.1, -0.05) is 45.1 Å². The van der Waals surface area contributed by atoms with Gasteiger partial charge < -0.3 is 24.6 Å². The lowest BCUT2D eigenvalue weighted by atomic mass is 9.55. The molecule has 3 aromatic rings. The summed E-state index contributed by atoms with van der Waals surface area (Å²) in [5.41, 5.74) is 0.965. The Kier molecular flexibility index (Phi) is 9.72. The number of terminal acetylenes is 1. The van der Waals surface area contributed by atoms with Crippen LogP contribution in [-0.2, 0) is 29.3 Å². The number of aryl methyl sites for hydroxylation is 2. The SMILES string of the molecule is C#C[C@]1(COC(=O)CC(C)(C)c2c(C)cc(C)cc2OC(C)=O)O[C@@H](n2cnc3c(NC(=O)C4CC5(CCCCC5)C4)nc(Cl)nc32)C[C@@H]1O. The predicted octanol–water partition coefficient (Wildman–Crippen LogP) is 5.88. The van der Waals surface area contributed by atoms with E-state index in [-0.39, 0.29) is 35.8 Å². The molecule has 12 nitrogen and oxygen atoms in total. The molecular weight excluding hydrogens is 662 g/mol. The number of imidazole rings is 1. The third kappa shape index (κ3) is 6.96. The van der Waals surface area contributed by atoms with Gasteiger partial charge >= 0.3 is 11.9 Å². The summed E-state index contributed by atoms with van der Waals surface area (Å²) in [7, 11) is 0. The van der Waals surface area contributed by atoms with Crippen LogP contribution in [0.1, 0.15) is 101 Å². The third-order valence-corrected chi connectivity index (χ3v) is 10.7. The normalized spacial score (nSPS) is 23.3. The zero-order valence-electron chi connectivity index (χ0n) is 29.2. The molecule has 0 unspecified atom stereocenters. The van der Waals surface area contributed by atoms with Crippen molar-refractivity contribution in [3.63, 3.8) is 0 Å². The zero-order chi connectivity index (χ0) is 36.0. The Morgan fingerprint density at radius 2 is 1.90 bits per heavy atom. The van der Waals surface area contributed by atoms with E-state index >= 15 is 0 Å². The summed E-state index contributed by atoms with van der Waals surface area (Å²) < 4.78 is 18.9. The van der Waals surface area contributed by atoms with Crippen LogP contribution in [-0.4, -0.2) is 60.8 Å².